The standard InChI is InChI=1S/2C5H5.C4H9.9CH3.2ClH.Hf/c2*1-2-4-5-3-1;1-3-4-2;;;;;;;;;;;;/h2*1-3H,4H2;1,3-4H2,2H3;9*1H3;2*1H;. The Morgan fingerprint density at radius 3 is 1.27 bits per heavy atom. The van der Waals surface area contributed by atoms with Crippen molar-refractivity contribution in [3.8, 4) is 0 Å². The van der Waals surface area contributed by atoms with Crippen LogP contribution in [0.25, 0.3) is 0 Å². The first-order valence-corrected chi connectivity index (χ1v) is 49.0. The van der Waals surface area contributed by atoms with Crippen molar-refractivity contribution >= 4 is 24.8 Å². The molecule has 0 unspecified atom stereocenters. The van der Waals surface area contributed by atoms with Gasteiger partial charge in [0.2, 0.25) is 0 Å². The molecule has 0 aromatic heterocycles. The SMILES string of the molecule is CCC[CH2][Hf]([CH3])([CH3])([CH3])([CH3])([CH3])([CH3])([CH3])([CH3])([CH3])([C]1=CC=CC1)[C]1=CC=CC1.Cl.Cl. The minimum Gasteiger partial charge on any atom is -0.147 e. The summed E-state index contributed by atoms with van der Waals surface area (Å²) in [7, 11) is -6.74. The number of hydrogen-bond donors (Lipinski definition) is 0. The Morgan fingerprint density at radius 2 is 1.04 bits per heavy atom. The first-order valence-electron chi connectivity index (χ1n) is 10.5. The second-order valence-corrected chi connectivity index (χ2v) is 224. The van der Waals surface area contributed by atoms with E-state index in [1.165, 1.54) is 12.8 Å². The van der Waals surface area contributed by atoms with Gasteiger partial charge in [-0.3, -0.25) is 0 Å². The van der Waals surface area contributed by atoms with Crippen LogP contribution in [0.4, 0.5) is 0 Å². The first-order chi connectivity index (χ1) is 9.48. The Hall–Kier alpha value is 0.410. The smallest absolute Gasteiger partial charge is 0.147 e. The molecule has 0 aliphatic heterocycles. The Kier molecular flexibility index (Phi) is 2.21. The van der Waals surface area contributed by atoms with E-state index in [0.717, 1.165) is 17.0 Å². The maximum absolute atomic E-state index is 6.74. The number of unbranched alkanes of at least 4 members (excludes halogenated alkanes) is 1. The normalized spacial score (nSPS) is 33.0. The third-order valence-corrected chi connectivity index (χ3v) is 80.1. The number of allylic oxidation sites excluding steroid dienone is 8. The quantitative estimate of drug-likeness (QED) is 0.287. The molecule has 0 amide bonds. The fourth-order valence-electron chi connectivity index (χ4n) is 7.15. The van der Waals surface area contributed by atoms with Gasteiger partial charge in [-0.15, -0.1) is 24.8 Å². The third kappa shape index (κ3) is 2.62. The molecule has 0 spiro atoms. The molecule has 0 bridgehead atoms. The van der Waals surface area contributed by atoms with E-state index in [9.17, 15) is 0 Å². The van der Waals surface area contributed by atoms with Gasteiger partial charge in [0.1, 0.15) is 0 Å². The van der Waals surface area contributed by atoms with Gasteiger partial charge in [0.05, 0.1) is 0 Å². The van der Waals surface area contributed by atoms with E-state index in [1.807, 2.05) is 0 Å². The van der Waals surface area contributed by atoms with Crippen LogP contribution in [0.3, 0.4) is 0 Å². The summed E-state index contributed by atoms with van der Waals surface area (Å²) >= 11 is 0. The van der Waals surface area contributed by atoms with Crippen molar-refractivity contribution in [2.45, 2.75) is 78.9 Å². The molecular weight excluding hydrogens is 526 g/mol. The van der Waals surface area contributed by atoms with E-state index in [2.05, 4.69) is 85.5 Å². The van der Waals surface area contributed by atoms with Crippen LogP contribution in [0.1, 0.15) is 32.6 Å². The molecule has 26 heavy (non-hydrogen) atoms. The number of halogens is 2. The van der Waals surface area contributed by atoms with E-state index in [-0.39, 0.29) is 24.8 Å². The zero-order valence-electron chi connectivity index (χ0n) is 19.3. The molecule has 2 rings (SSSR count). The van der Waals surface area contributed by atoms with Crippen LogP contribution in [-0.2, 0) is 8.22 Å². The average Bonchev–Trinajstić information content (AvgIpc) is 2.97. The zero-order valence-corrected chi connectivity index (χ0v) is 24.5. The van der Waals surface area contributed by atoms with Gasteiger partial charge in [0, 0.05) is 0 Å². The Balaban J connectivity index is 0.00000312. The molecule has 0 saturated carbocycles. The molecular formula is C23H48Cl2Hf. The molecule has 0 radical (unpaired) electrons. The zero-order chi connectivity index (χ0) is 19.2. The molecule has 0 fully saturated rings. The first kappa shape index (κ1) is 26.4. The number of hydrogen-bond acceptors (Lipinski definition) is 0. The minimum absolute atomic E-state index is 0. The van der Waals surface area contributed by atoms with Crippen LogP contribution < -0.4 is 0 Å². The molecule has 0 atom stereocenters. The summed E-state index contributed by atoms with van der Waals surface area (Å²) in [5, 5.41) is 0. The van der Waals surface area contributed by atoms with Gasteiger partial charge in [0.15, 0.2) is 0 Å². The molecule has 0 aromatic carbocycles. The molecule has 2 aliphatic carbocycles. The minimum atomic E-state index is -6.74. The van der Waals surface area contributed by atoms with E-state index in [4.69, 9.17) is 0 Å². The van der Waals surface area contributed by atoms with Crippen LogP contribution >= 0.6 is 24.8 Å². The van der Waals surface area contributed by atoms with E-state index in [0.29, 0.717) is 0 Å². The van der Waals surface area contributed by atoms with Crippen LogP contribution in [0.5, 0.6) is 0 Å². The van der Waals surface area contributed by atoms with Gasteiger partial charge >= 0.3 is 130 Å². The fourth-order valence-corrected chi connectivity index (χ4v) is 53.6. The average molecular weight is 574 g/mol. The molecule has 0 saturated heterocycles. The monoisotopic (exact) mass is 574 g/mol. The predicted octanol–water partition coefficient (Wildman–Crippen LogP) is 10.6. The molecule has 0 N–H and O–H groups in total. The van der Waals surface area contributed by atoms with Gasteiger partial charge in [0.25, 0.3) is 0 Å². The van der Waals surface area contributed by atoms with Crippen molar-refractivity contribution in [2.24, 2.45) is 0 Å². The van der Waals surface area contributed by atoms with Crippen LogP contribution in [0.15, 0.2) is 43.1 Å². The van der Waals surface area contributed by atoms with Gasteiger partial charge in [-0.2, -0.15) is 0 Å². The van der Waals surface area contributed by atoms with E-state index < -0.39 is 8.22 Å². The summed E-state index contributed by atoms with van der Waals surface area (Å²) in [6.45, 7) is 2.33. The Morgan fingerprint density at radius 1 is 0.692 bits per heavy atom. The second-order valence-electron chi connectivity index (χ2n) is 29.9. The largest absolute Gasteiger partial charge is 0.147 e. The van der Waals surface area contributed by atoms with Crippen molar-refractivity contribution < 1.29 is 8.22 Å². The molecule has 0 nitrogen and oxygen atoms in total. The van der Waals surface area contributed by atoms with Gasteiger partial charge in [-0.1, -0.05) is 0 Å². The fraction of sp³-hybridized carbons (Fsp3) is 0.652. The molecule has 158 valence electrons. The summed E-state index contributed by atoms with van der Waals surface area (Å²) in [5.41, 5.74) is 0. The van der Waals surface area contributed by atoms with E-state index in [1.54, 1.807) is 6.66 Å². The van der Waals surface area contributed by atoms with Gasteiger partial charge in [-0.25, -0.2) is 0 Å². The maximum Gasteiger partial charge on any atom is -0.147 e. The van der Waals surface area contributed by atoms with Crippen molar-refractivity contribution in [2.75, 3.05) is 0 Å². The summed E-state index contributed by atoms with van der Waals surface area (Å²) in [4.78, 5) is 0. The van der Waals surface area contributed by atoms with Gasteiger partial charge < -0.3 is 0 Å². The van der Waals surface area contributed by atoms with Crippen LogP contribution in [0.2, 0.25) is 46.3 Å². The van der Waals surface area contributed by atoms with Crippen LogP contribution in [-0.4, -0.2) is 0 Å². The predicted molar refractivity (Wildman–Crippen MR) is 131 cm³/mol. The second kappa shape index (κ2) is 2.18. The van der Waals surface area contributed by atoms with Crippen LogP contribution in [0, 0.1) is 0 Å². The maximum atomic E-state index is 2.71. The summed E-state index contributed by atoms with van der Waals surface area (Å²) < 4.78 is 28.7. The summed E-state index contributed by atoms with van der Waals surface area (Å²) in [5.74, 6) is 0. The Bertz CT molecular complexity index is 957. The van der Waals surface area contributed by atoms with Gasteiger partial charge in [-0.05, 0) is 0 Å². The summed E-state index contributed by atoms with van der Waals surface area (Å²) in [6.07, 6.45) is 18.6. The van der Waals surface area contributed by atoms with Crippen molar-refractivity contribution in [1.29, 1.82) is 0 Å². The van der Waals surface area contributed by atoms with Crippen molar-refractivity contribution in [3.63, 3.8) is 0 Å². The van der Waals surface area contributed by atoms with Crippen molar-refractivity contribution in [3.05, 3.63) is 43.1 Å². The summed E-state index contributed by atoms with van der Waals surface area (Å²) in [6, 6.07) is 0. The third-order valence-electron chi connectivity index (χ3n) is 11.1. The molecule has 0 heterocycles. The molecule has 3 heteroatoms. The molecule has 0 aromatic rings. The van der Waals surface area contributed by atoms with E-state index >= 15 is 0 Å². The number of rotatable bonds is 5. The van der Waals surface area contributed by atoms with Crippen molar-refractivity contribution in [1.82, 2.24) is 0 Å². The Labute approximate surface area is 154 Å². The topological polar surface area (TPSA) is 0 Å². The molecule has 2 aliphatic rings.